The van der Waals surface area contributed by atoms with Crippen LogP contribution in [0.3, 0.4) is 0 Å². The summed E-state index contributed by atoms with van der Waals surface area (Å²) in [6, 6.07) is 0.662. The van der Waals surface area contributed by atoms with Crippen LogP contribution in [0.15, 0.2) is 11.6 Å². The van der Waals surface area contributed by atoms with Crippen molar-refractivity contribution < 1.29 is 52.6 Å². The highest BCUT2D eigenvalue weighted by molar-refractivity contribution is 6.16. The molecule has 0 aliphatic carbocycles. The average Bonchev–Trinajstić information content (AvgIpc) is 3.44. The van der Waals surface area contributed by atoms with E-state index in [0.29, 0.717) is 75.3 Å². The van der Waals surface area contributed by atoms with Crippen molar-refractivity contribution in [2.45, 2.75) is 71.9 Å². The van der Waals surface area contributed by atoms with Crippen molar-refractivity contribution >= 4 is 35.5 Å². The first kappa shape index (κ1) is 37.9. The Hall–Kier alpha value is -3.24. The lowest BCUT2D eigenvalue weighted by atomic mass is 10.1. The van der Waals surface area contributed by atoms with Crippen LogP contribution in [-0.4, -0.2) is 135 Å². The fourth-order valence-electron chi connectivity index (χ4n) is 4.60. The number of amides is 5. The minimum Gasteiger partial charge on any atom is -0.378 e. The van der Waals surface area contributed by atoms with Gasteiger partial charge in [-0.05, 0) is 34.1 Å². The monoisotopic (exact) mass is 640 g/mol. The Morgan fingerprint density at radius 3 is 1.89 bits per heavy atom. The number of carbonyl (C=O) groups is 6. The van der Waals surface area contributed by atoms with E-state index >= 15 is 0 Å². The van der Waals surface area contributed by atoms with Crippen LogP contribution in [0.25, 0.3) is 0 Å². The van der Waals surface area contributed by atoms with Crippen molar-refractivity contribution in [3.63, 3.8) is 0 Å². The lowest BCUT2D eigenvalue weighted by Crippen LogP contribution is -2.39. The summed E-state index contributed by atoms with van der Waals surface area (Å²) in [7, 11) is 0. The zero-order valence-corrected chi connectivity index (χ0v) is 26.9. The number of rotatable bonds is 24. The lowest BCUT2D eigenvalue weighted by Gasteiger charge is -2.30. The highest BCUT2D eigenvalue weighted by atomic mass is 16.7. The van der Waals surface area contributed by atoms with Crippen LogP contribution in [0.5, 0.6) is 0 Å². The van der Waals surface area contributed by atoms with Crippen molar-refractivity contribution in [3.8, 4) is 0 Å². The number of nitrogens with zero attached hydrogens (tertiary/aromatic N) is 3. The van der Waals surface area contributed by atoms with Gasteiger partial charge in [0.1, 0.15) is 0 Å². The second-order valence-corrected chi connectivity index (χ2v) is 11.0. The lowest BCUT2D eigenvalue weighted by molar-refractivity contribution is -0.198. The van der Waals surface area contributed by atoms with Gasteiger partial charge in [0.2, 0.25) is 5.91 Å². The van der Waals surface area contributed by atoms with E-state index in [1.165, 1.54) is 6.08 Å². The third-order valence-corrected chi connectivity index (χ3v) is 6.95. The number of ether oxygens (including phenoxy) is 4. The summed E-state index contributed by atoms with van der Waals surface area (Å²) in [6.45, 7) is 11.7. The van der Waals surface area contributed by atoms with Crippen LogP contribution in [0.1, 0.15) is 59.8 Å². The van der Waals surface area contributed by atoms with Gasteiger partial charge in [0.15, 0.2) is 0 Å². The molecular weight excluding hydrogens is 592 g/mol. The fraction of sp³-hybridized carbons (Fsp3) is 0.733. The van der Waals surface area contributed by atoms with E-state index in [0.717, 1.165) is 4.90 Å². The smallest absolute Gasteiger partial charge is 0.335 e. The van der Waals surface area contributed by atoms with Crippen molar-refractivity contribution in [1.82, 2.24) is 20.2 Å². The summed E-state index contributed by atoms with van der Waals surface area (Å²) in [5.74, 6) is -2.74. The molecule has 0 spiro atoms. The molecule has 2 heterocycles. The van der Waals surface area contributed by atoms with E-state index < -0.39 is 17.8 Å². The summed E-state index contributed by atoms with van der Waals surface area (Å²) < 4.78 is 21.5. The first-order valence-electron chi connectivity index (χ1n) is 15.5. The molecule has 0 saturated carbocycles. The van der Waals surface area contributed by atoms with Crippen LogP contribution in [0, 0.1) is 0 Å². The standard InChI is InChI=1S/C30H48N4O11/c1-22(2)32(23(3)4)11-7-24-21-28(38)33(30(24)40)12-8-25(35)31-10-14-42-16-18-44-20-19-43-17-15-41-13-9-29(39)45-34-26(36)5-6-27(34)37/h21-23H,5-20H2,1-4H3,(H,31,35). The molecule has 15 heteroatoms. The zero-order valence-electron chi connectivity index (χ0n) is 26.9. The van der Waals surface area contributed by atoms with Gasteiger partial charge in [0.05, 0.1) is 59.3 Å². The summed E-state index contributed by atoms with van der Waals surface area (Å²) in [4.78, 5) is 79.7. The molecule has 0 atom stereocenters. The van der Waals surface area contributed by atoms with E-state index in [4.69, 9.17) is 23.8 Å². The Bertz CT molecular complexity index is 1020. The molecule has 15 nitrogen and oxygen atoms in total. The van der Waals surface area contributed by atoms with Crippen LogP contribution >= 0.6 is 0 Å². The summed E-state index contributed by atoms with van der Waals surface area (Å²) >= 11 is 0. The second kappa shape index (κ2) is 20.7. The molecule has 1 saturated heterocycles. The molecule has 1 N–H and O–H groups in total. The Morgan fingerprint density at radius 1 is 0.800 bits per heavy atom. The van der Waals surface area contributed by atoms with Gasteiger partial charge in [-0.2, -0.15) is 0 Å². The topological polar surface area (TPSA) is 170 Å². The number of hydroxylamine groups is 2. The number of hydrogen-bond donors (Lipinski definition) is 1. The average molecular weight is 641 g/mol. The largest absolute Gasteiger partial charge is 0.378 e. The first-order chi connectivity index (χ1) is 21.5. The highest BCUT2D eigenvalue weighted by Crippen LogP contribution is 2.18. The van der Waals surface area contributed by atoms with Gasteiger partial charge in [0, 0.05) is 62.6 Å². The number of carbonyl (C=O) groups excluding carboxylic acids is 6. The molecule has 5 amide bonds. The normalized spacial score (nSPS) is 15.3. The predicted octanol–water partition coefficient (Wildman–Crippen LogP) is 0.361. The van der Waals surface area contributed by atoms with Crippen LogP contribution in [-0.2, 0) is 52.6 Å². The first-order valence-corrected chi connectivity index (χ1v) is 15.5. The molecule has 1 fully saturated rings. The number of imide groups is 2. The molecule has 2 aliphatic rings. The van der Waals surface area contributed by atoms with Gasteiger partial charge in [-0.25, -0.2) is 4.79 Å². The maximum Gasteiger partial charge on any atom is 0.335 e. The van der Waals surface area contributed by atoms with Crippen molar-refractivity contribution in [2.24, 2.45) is 0 Å². The maximum absolute atomic E-state index is 12.7. The van der Waals surface area contributed by atoms with Gasteiger partial charge in [0.25, 0.3) is 23.6 Å². The Balaban J connectivity index is 1.38. The van der Waals surface area contributed by atoms with E-state index in [1.807, 2.05) is 0 Å². The molecule has 254 valence electrons. The van der Waals surface area contributed by atoms with E-state index in [9.17, 15) is 28.8 Å². The van der Waals surface area contributed by atoms with E-state index in [-0.39, 0.29) is 69.8 Å². The SMILES string of the molecule is CC(C)N(CCC1=CC(=O)N(CCC(=O)NCCOCCOCCOCCOCCC(=O)ON2C(=O)CCC2=O)C1=O)C(C)C. The van der Waals surface area contributed by atoms with Gasteiger partial charge in [-0.3, -0.25) is 33.8 Å². The minimum atomic E-state index is -0.719. The van der Waals surface area contributed by atoms with Crippen LogP contribution < -0.4 is 5.32 Å². The maximum atomic E-state index is 12.7. The molecule has 0 radical (unpaired) electrons. The summed E-state index contributed by atoms with van der Waals surface area (Å²) in [6.07, 6.45) is 1.89. The summed E-state index contributed by atoms with van der Waals surface area (Å²) in [5.41, 5.74) is 0.480. The van der Waals surface area contributed by atoms with Crippen molar-refractivity contribution in [1.29, 1.82) is 0 Å². The highest BCUT2D eigenvalue weighted by Gasteiger charge is 2.33. The Kier molecular flexibility index (Phi) is 17.5. The van der Waals surface area contributed by atoms with Gasteiger partial charge >= 0.3 is 5.97 Å². The Labute approximate surface area is 264 Å². The molecule has 0 unspecified atom stereocenters. The third kappa shape index (κ3) is 14.2. The van der Waals surface area contributed by atoms with E-state index in [2.05, 4.69) is 37.9 Å². The van der Waals surface area contributed by atoms with E-state index in [1.54, 1.807) is 0 Å². The molecule has 45 heavy (non-hydrogen) atoms. The number of hydrogen-bond acceptors (Lipinski definition) is 12. The molecule has 0 aromatic heterocycles. The van der Waals surface area contributed by atoms with Crippen molar-refractivity contribution in [3.05, 3.63) is 11.6 Å². The molecule has 2 rings (SSSR count). The van der Waals surface area contributed by atoms with Crippen LogP contribution in [0.2, 0.25) is 0 Å². The quantitative estimate of drug-likeness (QED) is 0.114. The molecular formula is C30H48N4O11. The fourth-order valence-corrected chi connectivity index (χ4v) is 4.60. The molecule has 0 aromatic rings. The Morgan fingerprint density at radius 2 is 1.33 bits per heavy atom. The molecule has 0 aromatic carbocycles. The minimum absolute atomic E-state index is 0.0203. The zero-order chi connectivity index (χ0) is 33.2. The third-order valence-electron chi connectivity index (χ3n) is 6.95. The molecule has 0 bridgehead atoms. The number of nitrogens with one attached hydrogen (secondary N) is 1. The summed E-state index contributed by atoms with van der Waals surface area (Å²) in [5, 5.41) is 3.22. The van der Waals surface area contributed by atoms with Gasteiger partial charge in [-0.1, -0.05) is 0 Å². The predicted molar refractivity (Wildman–Crippen MR) is 159 cm³/mol. The van der Waals surface area contributed by atoms with Crippen LogP contribution in [0.4, 0.5) is 0 Å². The van der Waals surface area contributed by atoms with Crippen molar-refractivity contribution in [2.75, 3.05) is 72.5 Å². The van der Waals surface area contributed by atoms with Gasteiger partial charge < -0.3 is 29.1 Å². The second-order valence-electron chi connectivity index (χ2n) is 11.0. The molecule has 2 aliphatic heterocycles. The van der Waals surface area contributed by atoms with Gasteiger partial charge in [-0.15, -0.1) is 5.06 Å².